The van der Waals surface area contributed by atoms with E-state index in [1.807, 2.05) is 7.05 Å². The van der Waals surface area contributed by atoms with Crippen LogP contribution in [0.3, 0.4) is 0 Å². The van der Waals surface area contributed by atoms with Crippen LogP contribution in [0.1, 0.15) is 30.6 Å². The van der Waals surface area contributed by atoms with Crippen LogP contribution in [0.15, 0.2) is 18.2 Å². The molecule has 0 saturated heterocycles. The second kappa shape index (κ2) is 7.09. The maximum Gasteiger partial charge on any atom is 0.253 e. The number of hydrogen-bond donors (Lipinski definition) is 2. The zero-order valence-corrected chi connectivity index (χ0v) is 11.7. The number of rotatable bonds is 6. The third-order valence-electron chi connectivity index (χ3n) is 3.35. The fraction of sp³-hybridized carbons (Fsp3) is 0.500. The molecule has 0 saturated carbocycles. The molecule has 0 aliphatic rings. The quantitative estimate of drug-likeness (QED) is 0.774. The Bertz CT molecular complexity index is 437. The predicted molar refractivity (Wildman–Crippen MR) is 75.5 cm³/mol. The van der Waals surface area contributed by atoms with Crippen LogP contribution in [0.2, 0.25) is 0 Å². The summed E-state index contributed by atoms with van der Waals surface area (Å²) in [5.74, 6) is -0.708. The first kappa shape index (κ1) is 15.4. The molecule has 0 aromatic heterocycles. The van der Waals surface area contributed by atoms with E-state index in [0.717, 1.165) is 19.0 Å². The van der Waals surface area contributed by atoms with E-state index in [4.69, 9.17) is 5.73 Å². The minimum absolute atomic E-state index is 0.160. The van der Waals surface area contributed by atoms with Crippen molar-refractivity contribution in [2.45, 2.75) is 26.3 Å². The largest absolute Gasteiger partial charge is 0.398 e. The summed E-state index contributed by atoms with van der Waals surface area (Å²) in [7, 11) is 2.02. The molecule has 0 aliphatic carbocycles. The van der Waals surface area contributed by atoms with Gasteiger partial charge in [-0.3, -0.25) is 4.79 Å². The fourth-order valence-electron chi connectivity index (χ4n) is 1.71. The molecule has 0 bridgehead atoms. The Morgan fingerprint density at radius 1 is 1.53 bits per heavy atom. The van der Waals surface area contributed by atoms with Crippen LogP contribution in [-0.2, 0) is 0 Å². The summed E-state index contributed by atoms with van der Waals surface area (Å²) in [5.41, 5.74) is 6.08. The Hall–Kier alpha value is -1.62. The number of nitrogens with zero attached hydrogens (tertiary/aromatic N) is 1. The lowest BCUT2D eigenvalue weighted by molar-refractivity contribution is 0.0948. The van der Waals surface area contributed by atoms with Gasteiger partial charge in [0.1, 0.15) is 5.82 Å². The lowest BCUT2D eigenvalue weighted by atomic mass is 10.1. The number of carbonyl (C=O) groups excluding carboxylic acids is 1. The van der Waals surface area contributed by atoms with E-state index in [1.165, 1.54) is 12.1 Å². The Labute approximate surface area is 113 Å². The Balaban J connectivity index is 2.47. The minimum atomic E-state index is -0.439. The van der Waals surface area contributed by atoms with Crippen molar-refractivity contribution < 1.29 is 9.18 Å². The normalized spacial score (nSPS) is 12.5. The van der Waals surface area contributed by atoms with Gasteiger partial charge in [-0.05, 0) is 38.6 Å². The van der Waals surface area contributed by atoms with Crippen LogP contribution in [-0.4, -0.2) is 37.0 Å². The van der Waals surface area contributed by atoms with E-state index in [-0.39, 0.29) is 11.6 Å². The van der Waals surface area contributed by atoms with Crippen molar-refractivity contribution in [2.75, 3.05) is 25.9 Å². The van der Waals surface area contributed by atoms with Crippen LogP contribution < -0.4 is 11.1 Å². The van der Waals surface area contributed by atoms with Crippen molar-refractivity contribution in [1.82, 2.24) is 10.2 Å². The molecule has 106 valence electrons. The van der Waals surface area contributed by atoms with Crippen molar-refractivity contribution in [3.63, 3.8) is 0 Å². The lowest BCUT2D eigenvalue weighted by Crippen LogP contribution is -2.37. The van der Waals surface area contributed by atoms with Gasteiger partial charge in [0.05, 0.1) is 5.56 Å². The maximum atomic E-state index is 12.9. The van der Waals surface area contributed by atoms with E-state index in [0.29, 0.717) is 18.2 Å². The molecule has 0 radical (unpaired) electrons. The van der Waals surface area contributed by atoms with Crippen LogP contribution in [0, 0.1) is 5.82 Å². The first-order valence-corrected chi connectivity index (χ1v) is 6.49. The Morgan fingerprint density at radius 3 is 2.79 bits per heavy atom. The Morgan fingerprint density at radius 2 is 2.21 bits per heavy atom. The molecule has 1 aromatic carbocycles. The standard InChI is InChI=1S/C14H22FN3O/c1-4-10(2)18(3)8-7-17-14(19)12-6-5-11(15)9-13(12)16/h5-6,9-10H,4,7-8,16H2,1-3H3,(H,17,19). The third kappa shape index (κ3) is 4.52. The molecule has 0 heterocycles. The molecular weight excluding hydrogens is 245 g/mol. The van der Waals surface area contributed by atoms with E-state index in [9.17, 15) is 9.18 Å². The molecule has 1 amide bonds. The number of halogens is 1. The Kier molecular flexibility index (Phi) is 5.76. The number of benzene rings is 1. The number of amides is 1. The summed E-state index contributed by atoms with van der Waals surface area (Å²) in [5, 5.41) is 2.79. The van der Waals surface area contributed by atoms with Crippen LogP contribution in [0.25, 0.3) is 0 Å². The second-order valence-electron chi connectivity index (χ2n) is 4.73. The van der Waals surface area contributed by atoms with Crippen LogP contribution in [0.4, 0.5) is 10.1 Å². The number of hydrogen-bond acceptors (Lipinski definition) is 3. The molecule has 1 atom stereocenters. The number of likely N-dealkylation sites (N-methyl/N-ethyl adjacent to an activating group) is 1. The highest BCUT2D eigenvalue weighted by Gasteiger charge is 2.11. The van der Waals surface area contributed by atoms with E-state index >= 15 is 0 Å². The van der Waals surface area contributed by atoms with Crippen molar-refractivity contribution in [2.24, 2.45) is 0 Å². The zero-order chi connectivity index (χ0) is 14.4. The predicted octanol–water partition coefficient (Wildman–Crippen LogP) is 1.87. The zero-order valence-electron chi connectivity index (χ0n) is 11.7. The number of nitrogens with one attached hydrogen (secondary N) is 1. The van der Waals surface area contributed by atoms with Gasteiger partial charge in [-0.15, -0.1) is 0 Å². The van der Waals surface area contributed by atoms with Crippen LogP contribution in [0.5, 0.6) is 0 Å². The van der Waals surface area contributed by atoms with Crippen molar-refractivity contribution in [3.05, 3.63) is 29.6 Å². The van der Waals surface area contributed by atoms with E-state index < -0.39 is 5.82 Å². The maximum absolute atomic E-state index is 12.9. The molecule has 5 heteroatoms. The number of nitrogen functional groups attached to an aromatic ring is 1. The number of nitrogens with two attached hydrogens (primary N) is 1. The summed E-state index contributed by atoms with van der Waals surface area (Å²) in [6, 6.07) is 4.27. The van der Waals surface area contributed by atoms with E-state index in [1.54, 1.807) is 0 Å². The monoisotopic (exact) mass is 267 g/mol. The van der Waals surface area contributed by atoms with Crippen molar-refractivity contribution in [1.29, 1.82) is 0 Å². The number of carbonyl (C=O) groups is 1. The minimum Gasteiger partial charge on any atom is -0.398 e. The molecular formula is C14H22FN3O. The molecule has 3 N–H and O–H groups in total. The van der Waals surface area contributed by atoms with Crippen LogP contribution >= 0.6 is 0 Å². The smallest absolute Gasteiger partial charge is 0.253 e. The van der Waals surface area contributed by atoms with Gasteiger partial charge in [0.25, 0.3) is 5.91 Å². The summed E-state index contributed by atoms with van der Waals surface area (Å²) in [6.07, 6.45) is 1.06. The molecule has 0 fully saturated rings. The summed E-state index contributed by atoms with van der Waals surface area (Å²) < 4.78 is 12.9. The summed E-state index contributed by atoms with van der Waals surface area (Å²) in [4.78, 5) is 14.0. The highest BCUT2D eigenvalue weighted by atomic mass is 19.1. The van der Waals surface area contributed by atoms with Gasteiger partial charge in [0.15, 0.2) is 0 Å². The topological polar surface area (TPSA) is 58.4 Å². The molecule has 0 aliphatic heterocycles. The summed E-state index contributed by atoms with van der Waals surface area (Å²) in [6.45, 7) is 5.57. The molecule has 1 aromatic rings. The third-order valence-corrected chi connectivity index (χ3v) is 3.35. The first-order valence-electron chi connectivity index (χ1n) is 6.49. The highest BCUT2D eigenvalue weighted by molar-refractivity contribution is 5.99. The lowest BCUT2D eigenvalue weighted by Gasteiger charge is -2.23. The van der Waals surface area contributed by atoms with Crippen molar-refractivity contribution in [3.8, 4) is 0 Å². The molecule has 19 heavy (non-hydrogen) atoms. The first-order chi connectivity index (χ1) is 8.95. The van der Waals surface area contributed by atoms with Gasteiger partial charge < -0.3 is 16.0 Å². The highest BCUT2D eigenvalue weighted by Crippen LogP contribution is 2.12. The molecule has 0 spiro atoms. The molecule has 1 unspecified atom stereocenters. The van der Waals surface area contributed by atoms with Gasteiger partial charge in [0.2, 0.25) is 0 Å². The van der Waals surface area contributed by atoms with E-state index in [2.05, 4.69) is 24.1 Å². The number of anilines is 1. The fourth-order valence-corrected chi connectivity index (χ4v) is 1.71. The molecule has 4 nitrogen and oxygen atoms in total. The average Bonchev–Trinajstić information content (AvgIpc) is 2.37. The second-order valence-corrected chi connectivity index (χ2v) is 4.73. The van der Waals surface area contributed by atoms with Gasteiger partial charge in [-0.1, -0.05) is 6.92 Å². The van der Waals surface area contributed by atoms with Gasteiger partial charge >= 0.3 is 0 Å². The summed E-state index contributed by atoms with van der Waals surface area (Å²) >= 11 is 0. The van der Waals surface area contributed by atoms with Gasteiger partial charge in [-0.25, -0.2) is 4.39 Å². The van der Waals surface area contributed by atoms with Gasteiger partial charge in [0, 0.05) is 24.8 Å². The molecule has 1 rings (SSSR count). The van der Waals surface area contributed by atoms with Crippen molar-refractivity contribution >= 4 is 11.6 Å². The van der Waals surface area contributed by atoms with Gasteiger partial charge in [-0.2, -0.15) is 0 Å². The SMILES string of the molecule is CCC(C)N(C)CCNC(=O)c1ccc(F)cc1N. The average molecular weight is 267 g/mol.